The first kappa shape index (κ1) is 34.9. The number of para-hydroxylation sites is 1. The Bertz CT molecular complexity index is 1520. The number of anilines is 1. The van der Waals surface area contributed by atoms with Crippen LogP contribution in [-0.2, 0) is 0 Å². The van der Waals surface area contributed by atoms with Gasteiger partial charge in [0.15, 0.2) is 5.69 Å². The zero-order valence-corrected chi connectivity index (χ0v) is 27.4. The van der Waals surface area contributed by atoms with Crippen molar-refractivity contribution in [2.75, 3.05) is 12.0 Å². The van der Waals surface area contributed by atoms with E-state index >= 15 is 0 Å². The highest BCUT2D eigenvalue weighted by molar-refractivity contribution is 5.91. The summed E-state index contributed by atoms with van der Waals surface area (Å²) in [7, 11) is 0. The van der Waals surface area contributed by atoms with E-state index in [-0.39, 0.29) is 0 Å². The summed E-state index contributed by atoms with van der Waals surface area (Å²) in [6.07, 6.45) is 16.3. The van der Waals surface area contributed by atoms with E-state index in [0.717, 1.165) is 30.0 Å². The molecule has 8 heteroatoms. The van der Waals surface area contributed by atoms with Gasteiger partial charge < -0.3 is 14.7 Å². The maximum Gasteiger partial charge on any atom is 0.343 e. The average molecular weight is 635 g/mol. The first-order valence-electron chi connectivity index (χ1n) is 16.8. The van der Waals surface area contributed by atoms with E-state index in [4.69, 9.17) is 9.47 Å². The predicted molar refractivity (Wildman–Crippen MR) is 189 cm³/mol. The summed E-state index contributed by atoms with van der Waals surface area (Å²) < 4.78 is 11.4. The van der Waals surface area contributed by atoms with Gasteiger partial charge in [-0.2, -0.15) is 0 Å². The fourth-order valence-electron chi connectivity index (χ4n) is 4.92. The lowest BCUT2D eigenvalue weighted by Gasteiger charge is -2.07. The quantitative estimate of drug-likeness (QED) is 0.0198. The molecule has 0 saturated heterocycles. The highest BCUT2D eigenvalue weighted by Crippen LogP contribution is 2.20. The van der Waals surface area contributed by atoms with Crippen molar-refractivity contribution in [1.29, 1.82) is 0 Å². The summed E-state index contributed by atoms with van der Waals surface area (Å²) >= 11 is 0. The number of nitrogens with one attached hydrogen (secondary N) is 1. The van der Waals surface area contributed by atoms with Crippen molar-refractivity contribution in [2.45, 2.75) is 77.6 Å². The average Bonchev–Trinajstić information content (AvgIpc) is 3.12. The van der Waals surface area contributed by atoms with Gasteiger partial charge in [0.05, 0.1) is 23.1 Å². The summed E-state index contributed by atoms with van der Waals surface area (Å²) in [6, 6.07) is 30.1. The second-order valence-electron chi connectivity index (χ2n) is 11.5. The number of nitrogens with zero attached hydrogens (tertiary/aromatic N) is 3. The third-order valence-corrected chi connectivity index (χ3v) is 7.67. The standard InChI is InChI=1S/C39H46N4O4/c1-2-3-4-5-6-7-8-9-10-11-15-30-46-37-28-24-34(25-29-37)40-31-32-18-26-38(27-19-32)47-39(44)33-20-22-35(23-21-33)41-42-43(45)36-16-13-12-14-17-36/h12-14,16-29,31,41H,2-11,15,30H2,1H3/b40-31?,43-42-. The Balaban J connectivity index is 1.12. The molecule has 0 radical (unpaired) electrons. The van der Waals surface area contributed by atoms with E-state index < -0.39 is 5.97 Å². The molecule has 0 aromatic heterocycles. The second-order valence-corrected chi connectivity index (χ2v) is 11.5. The number of hydrogen-bond donors (Lipinski definition) is 1. The summed E-state index contributed by atoms with van der Waals surface area (Å²) in [6.45, 7) is 3.01. The van der Waals surface area contributed by atoms with Crippen LogP contribution in [0.4, 0.5) is 17.1 Å². The highest BCUT2D eigenvalue weighted by atomic mass is 16.5. The van der Waals surface area contributed by atoms with Crippen molar-refractivity contribution in [3.63, 3.8) is 0 Å². The van der Waals surface area contributed by atoms with Crippen molar-refractivity contribution in [1.82, 2.24) is 0 Å². The van der Waals surface area contributed by atoms with E-state index in [9.17, 15) is 10.0 Å². The molecular formula is C39H46N4O4. The van der Waals surface area contributed by atoms with Crippen LogP contribution in [0.1, 0.15) is 93.5 Å². The Hall–Kier alpha value is -4.98. The van der Waals surface area contributed by atoms with Gasteiger partial charge in [-0.15, -0.1) is 10.3 Å². The van der Waals surface area contributed by atoms with Crippen LogP contribution in [0.5, 0.6) is 11.5 Å². The highest BCUT2D eigenvalue weighted by Gasteiger charge is 2.10. The molecule has 0 heterocycles. The smallest absolute Gasteiger partial charge is 0.343 e. The van der Waals surface area contributed by atoms with Crippen molar-refractivity contribution in [3.05, 3.63) is 119 Å². The molecule has 0 atom stereocenters. The summed E-state index contributed by atoms with van der Waals surface area (Å²) in [4.78, 5) is 17.7. The molecule has 0 aliphatic carbocycles. The molecule has 8 nitrogen and oxygen atoms in total. The lowest BCUT2D eigenvalue weighted by molar-refractivity contribution is -0.439. The summed E-state index contributed by atoms with van der Waals surface area (Å²) in [5, 5.41) is 15.8. The van der Waals surface area contributed by atoms with E-state index in [1.807, 2.05) is 42.5 Å². The Morgan fingerprint density at radius 3 is 1.96 bits per heavy atom. The van der Waals surface area contributed by atoms with Crippen LogP contribution < -0.4 is 14.9 Å². The molecule has 0 bridgehead atoms. The van der Waals surface area contributed by atoms with Crippen LogP contribution >= 0.6 is 0 Å². The summed E-state index contributed by atoms with van der Waals surface area (Å²) in [5.41, 5.74) is 5.72. The van der Waals surface area contributed by atoms with E-state index in [0.29, 0.717) is 27.5 Å². The molecule has 4 rings (SSSR count). The van der Waals surface area contributed by atoms with Crippen molar-refractivity contribution >= 4 is 29.2 Å². The minimum atomic E-state index is -0.490. The maximum atomic E-state index is 12.6. The normalized spacial score (nSPS) is 11.5. The van der Waals surface area contributed by atoms with E-state index in [1.165, 1.54) is 64.2 Å². The third-order valence-electron chi connectivity index (χ3n) is 7.67. The minimum absolute atomic E-state index is 0.370. The Labute approximate surface area is 278 Å². The molecule has 246 valence electrons. The lowest BCUT2D eigenvalue weighted by atomic mass is 10.1. The Morgan fingerprint density at radius 1 is 0.723 bits per heavy atom. The van der Waals surface area contributed by atoms with Crippen LogP contribution in [0.15, 0.2) is 113 Å². The van der Waals surface area contributed by atoms with Gasteiger partial charge in [0, 0.05) is 6.21 Å². The molecule has 4 aromatic carbocycles. The molecule has 1 N–H and O–H groups in total. The number of carbonyl (C=O) groups is 1. The van der Waals surface area contributed by atoms with Crippen LogP contribution in [-0.4, -0.2) is 23.7 Å². The first-order valence-corrected chi connectivity index (χ1v) is 16.8. The molecule has 0 aliphatic heterocycles. The molecule has 0 unspecified atom stereocenters. The van der Waals surface area contributed by atoms with Gasteiger partial charge in [-0.25, -0.2) is 4.79 Å². The van der Waals surface area contributed by atoms with Gasteiger partial charge in [0.2, 0.25) is 0 Å². The largest absolute Gasteiger partial charge is 0.691 e. The number of hydrogen-bond acceptors (Lipinski definition) is 6. The van der Waals surface area contributed by atoms with Gasteiger partial charge in [-0.3, -0.25) is 4.99 Å². The van der Waals surface area contributed by atoms with Gasteiger partial charge >= 0.3 is 5.97 Å². The van der Waals surface area contributed by atoms with Crippen LogP contribution in [0.2, 0.25) is 0 Å². The molecule has 0 aliphatic rings. The monoisotopic (exact) mass is 634 g/mol. The molecule has 0 saturated carbocycles. The van der Waals surface area contributed by atoms with Crippen molar-refractivity contribution in [3.8, 4) is 11.5 Å². The maximum absolute atomic E-state index is 12.6. The number of aliphatic imine (C=N–C) groups is 1. The van der Waals surface area contributed by atoms with Crippen LogP contribution in [0, 0.1) is 5.21 Å². The number of esters is 1. The van der Waals surface area contributed by atoms with Gasteiger partial charge in [-0.1, -0.05) is 89.3 Å². The fraction of sp³-hybridized carbons (Fsp3) is 0.333. The van der Waals surface area contributed by atoms with Gasteiger partial charge in [0.25, 0.3) is 0 Å². The second kappa shape index (κ2) is 20.2. The number of ether oxygens (including phenoxy) is 2. The van der Waals surface area contributed by atoms with Crippen LogP contribution in [0.3, 0.4) is 0 Å². The zero-order chi connectivity index (χ0) is 32.9. The Kier molecular flexibility index (Phi) is 15.0. The first-order chi connectivity index (χ1) is 23.1. The number of carbonyl (C=O) groups excluding carboxylic acids is 1. The number of benzene rings is 4. The number of rotatable bonds is 20. The van der Waals surface area contributed by atoms with Crippen LogP contribution in [0.25, 0.3) is 0 Å². The lowest BCUT2D eigenvalue weighted by Crippen LogP contribution is -2.08. The third kappa shape index (κ3) is 13.1. The van der Waals surface area contributed by atoms with Gasteiger partial charge in [-0.05, 0) is 96.9 Å². The molecule has 0 fully saturated rings. The predicted octanol–water partition coefficient (Wildman–Crippen LogP) is 11.0. The zero-order valence-electron chi connectivity index (χ0n) is 27.4. The fourth-order valence-corrected chi connectivity index (χ4v) is 4.92. The topological polar surface area (TPSA) is 98.4 Å². The minimum Gasteiger partial charge on any atom is -0.691 e. The Morgan fingerprint density at radius 2 is 1.32 bits per heavy atom. The number of unbranched alkanes of at least 4 members (excludes halogenated alkanes) is 10. The van der Waals surface area contributed by atoms with E-state index in [1.54, 1.807) is 66.9 Å². The molecule has 4 aromatic rings. The molecule has 0 amide bonds. The molecular weight excluding hydrogens is 588 g/mol. The molecule has 47 heavy (non-hydrogen) atoms. The summed E-state index contributed by atoms with van der Waals surface area (Å²) in [5.74, 6) is 0.796. The van der Waals surface area contributed by atoms with Gasteiger partial charge in [0.1, 0.15) is 17.2 Å². The van der Waals surface area contributed by atoms with Crippen molar-refractivity contribution in [2.24, 2.45) is 10.2 Å². The van der Waals surface area contributed by atoms with Crippen molar-refractivity contribution < 1.29 is 19.1 Å². The SMILES string of the molecule is CCCCCCCCCCCCCOc1ccc(N=Cc2ccc(OC(=O)c3ccc(N/N=[N+](\[O-])c4ccccc4)cc3)cc2)cc1. The van der Waals surface area contributed by atoms with E-state index in [2.05, 4.69) is 22.6 Å². The molecule has 0 spiro atoms.